The predicted octanol–water partition coefficient (Wildman–Crippen LogP) is 3.26. The lowest BCUT2D eigenvalue weighted by Gasteiger charge is -2.15. The molecule has 0 spiro atoms. The fourth-order valence-corrected chi connectivity index (χ4v) is 1.45. The number of methoxy groups -OCH3 is 1. The van der Waals surface area contributed by atoms with Crippen molar-refractivity contribution in [2.24, 2.45) is 0 Å². The SMILES string of the molecule is C=CCC(OC)c1ccccc1C. The molecule has 1 heteroatoms. The fraction of sp³-hybridized carbons (Fsp3) is 0.333. The second-order valence-electron chi connectivity index (χ2n) is 3.11. The Bertz CT molecular complexity index is 278. The Balaban J connectivity index is 2.90. The van der Waals surface area contributed by atoms with Gasteiger partial charge in [-0.1, -0.05) is 30.3 Å². The van der Waals surface area contributed by atoms with Crippen LogP contribution in [-0.2, 0) is 4.74 Å². The third-order valence-corrected chi connectivity index (χ3v) is 2.20. The zero-order valence-electron chi connectivity index (χ0n) is 8.29. The van der Waals surface area contributed by atoms with E-state index in [1.807, 2.05) is 18.2 Å². The molecule has 1 aromatic carbocycles. The van der Waals surface area contributed by atoms with Crippen LogP contribution in [0.2, 0.25) is 0 Å². The van der Waals surface area contributed by atoms with Gasteiger partial charge in [-0.2, -0.15) is 0 Å². The molecule has 0 N–H and O–H groups in total. The summed E-state index contributed by atoms with van der Waals surface area (Å²) in [5.41, 5.74) is 2.53. The number of rotatable bonds is 4. The van der Waals surface area contributed by atoms with Crippen LogP contribution in [-0.4, -0.2) is 7.11 Å². The van der Waals surface area contributed by atoms with E-state index in [1.165, 1.54) is 11.1 Å². The van der Waals surface area contributed by atoms with E-state index in [0.29, 0.717) is 0 Å². The first-order chi connectivity index (χ1) is 6.29. The van der Waals surface area contributed by atoms with E-state index in [1.54, 1.807) is 7.11 Å². The van der Waals surface area contributed by atoms with E-state index < -0.39 is 0 Å². The molecule has 1 unspecified atom stereocenters. The molecule has 1 aromatic rings. The van der Waals surface area contributed by atoms with Crippen LogP contribution in [0.4, 0.5) is 0 Å². The molecule has 0 heterocycles. The Hall–Kier alpha value is -1.08. The quantitative estimate of drug-likeness (QED) is 0.640. The van der Waals surface area contributed by atoms with Crippen LogP contribution < -0.4 is 0 Å². The molecular formula is C12H16O. The Labute approximate surface area is 80.0 Å². The van der Waals surface area contributed by atoms with Crippen molar-refractivity contribution in [1.29, 1.82) is 0 Å². The van der Waals surface area contributed by atoms with Crippen molar-refractivity contribution < 1.29 is 4.74 Å². The maximum absolute atomic E-state index is 5.39. The van der Waals surface area contributed by atoms with Gasteiger partial charge in [0.2, 0.25) is 0 Å². The molecule has 0 aliphatic heterocycles. The van der Waals surface area contributed by atoms with Crippen molar-refractivity contribution >= 4 is 0 Å². The number of ether oxygens (including phenoxy) is 1. The summed E-state index contributed by atoms with van der Waals surface area (Å²) in [7, 11) is 1.74. The molecule has 0 aliphatic carbocycles. The second-order valence-corrected chi connectivity index (χ2v) is 3.11. The minimum atomic E-state index is 0.152. The summed E-state index contributed by atoms with van der Waals surface area (Å²) in [6.07, 6.45) is 2.90. The summed E-state index contributed by atoms with van der Waals surface area (Å²) in [5.74, 6) is 0. The lowest BCUT2D eigenvalue weighted by Crippen LogP contribution is -2.01. The molecular weight excluding hydrogens is 160 g/mol. The first-order valence-electron chi connectivity index (χ1n) is 4.48. The molecule has 0 fully saturated rings. The summed E-state index contributed by atoms with van der Waals surface area (Å²) in [6, 6.07) is 8.29. The van der Waals surface area contributed by atoms with Gasteiger partial charge in [-0.25, -0.2) is 0 Å². The fourth-order valence-electron chi connectivity index (χ4n) is 1.45. The van der Waals surface area contributed by atoms with Crippen molar-refractivity contribution in [3.05, 3.63) is 48.0 Å². The standard InChI is InChI=1S/C12H16O/c1-4-7-12(13-3)11-9-6-5-8-10(11)2/h4-6,8-9,12H,1,7H2,2-3H3. The van der Waals surface area contributed by atoms with E-state index in [9.17, 15) is 0 Å². The third kappa shape index (κ3) is 2.43. The van der Waals surface area contributed by atoms with Crippen molar-refractivity contribution in [2.75, 3.05) is 7.11 Å². The average molecular weight is 176 g/mol. The molecule has 0 saturated heterocycles. The second kappa shape index (κ2) is 4.83. The van der Waals surface area contributed by atoms with E-state index >= 15 is 0 Å². The molecule has 1 nitrogen and oxygen atoms in total. The largest absolute Gasteiger partial charge is 0.376 e. The highest BCUT2D eigenvalue weighted by atomic mass is 16.5. The monoisotopic (exact) mass is 176 g/mol. The third-order valence-electron chi connectivity index (χ3n) is 2.20. The average Bonchev–Trinajstić information content (AvgIpc) is 2.16. The highest BCUT2D eigenvalue weighted by Gasteiger charge is 2.09. The maximum Gasteiger partial charge on any atom is 0.0857 e. The first kappa shape index (κ1) is 10.0. The molecule has 1 atom stereocenters. The Morgan fingerprint density at radius 1 is 1.46 bits per heavy atom. The van der Waals surface area contributed by atoms with Crippen molar-refractivity contribution in [1.82, 2.24) is 0 Å². The Kier molecular flexibility index (Phi) is 3.71. The topological polar surface area (TPSA) is 9.23 Å². The molecule has 70 valence electrons. The lowest BCUT2D eigenvalue weighted by molar-refractivity contribution is 0.105. The highest BCUT2D eigenvalue weighted by molar-refractivity contribution is 5.28. The number of aryl methyl sites for hydroxylation is 1. The summed E-state index contributed by atoms with van der Waals surface area (Å²) in [6.45, 7) is 5.83. The highest BCUT2D eigenvalue weighted by Crippen LogP contribution is 2.23. The van der Waals surface area contributed by atoms with Crippen LogP contribution in [0, 0.1) is 6.92 Å². The van der Waals surface area contributed by atoms with Gasteiger partial charge in [0.25, 0.3) is 0 Å². The normalized spacial score (nSPS) is 12.5. The van der Waals surface area contributed by atoms with E-state index in [-0.39, 0.29) is 6.10 Å². The van der Waals surface area contributed by atoms with E-state index in [4.69, 9.17) is 4.74 Å². The molecule has 0 aromatic heterocycles. The van der Waals surface area contributed by atoms with E-state index in [2.05, 4.69) is 25.6 Å². The molecule has 1 rings (SSSR count). The minimum Gasteiger partial charge on any atom is -0.376 e. The molecule has 0 radical (unpaired) electrons. The van der Waals surface area contributed by atoms with Crippen molar-refractivity contribution in [3.8, 4) is 0 Å². The lowest BCUT2D eigenvalue weighted by atomic mass is 10.0. The number of hydrogen-bond acceptors (Lipinski definition) is 1. The van der Waals surface area contributed by atoms with Gasteiger partial charge in [-0.3, -0.25) is 0 Å². The Morgan fingerprint density at radius 2 is 2.15 bits per heavy atom. The summed E-state index contributed by atoms with van der Waals surface area (Å²) in [4.78, 5) is 0. The van der Waals surface area contributed by atoms with Gasteiger partial charge in [-0.15, -0.1) is 6.58 Å². The predicted molar refractivity (Wildman–Crippen MR) is 55.7 cm³/mol. The zero-order chi connectivity index (χ0) is 9.68. The van der Waals surface area contributed by atoms with Crippen LogP contribution in [0.25, 0.3) is 0 Å². The van der Waals surface area contributed by atoms with Crippen LogP contribution in [0.5, 0.6) is 0 Å². The van der Waals surface area contributed by atoms with Gasteiger partial charge in [0.1, 0.15) is 0 Å². The Morgan fingerprint density at radius 3 is 2.69 bits per heavy atom. The van der Waals surface area contributed by atoms with Crippen LogP contribution in [0.3, 0.4) is 0 Å². The smallest absolute Gasteiger partial charge is 0.0857 e. The van der Waals surface area contributed by atoms with Gasteiger partial charge >= 0.3 is 0 Å². The van der Waals surface area contributed by atoms with Gasteiger partial charge < -0.3 is 4.74 Å². The van der Waals surface area contributed by atoms with Gasteiger partial charge in [0, 0.05) is 7.11 Å². The van der Waals surface area contributed by atoms with Crippen LogP contribution >= 0.6 is 0 Å². The minimum absolute atomic E-state index is 0.152. The van der Waals surface area contributed by atoms with Crippen LogP contribution in [0.15, 0.2) is 36.9 Å². The summed E-state index contributed by atoms with van der Waals surface area (Å²) >= 11 is 0. The molecule has 0 aliphatic rings. The molecule has 0 saturated carbocycles. The zero-order valence-corrected chi connectivity index (χ0v) is 8.29. The molecule has 0 bridgehead atoms. The summed E-state index contributed by atoms with van der Waals surface area (Å²) in [5, 5.41) is 0. The number of hydrogen-bond donors (Lipinski definition) is 0. The molecule has 0 amide bonds. The van der Waals surface area contributed by atoms with Crippen molar-refractivity contribution in [3.63, 3.8) is 0 Å². The van der Waals surface area contributed by atoms with Crippen molar-refractivity contribution in [2.45, 2.75) is 19.4 Å². The van der Waals surface area contributed by atoms with E-state index in [0.717, 1.165) is 6.42 Å². The number of benzene rings is 1. The first-order valence-corrected chi connectivity index (χ1v) is 4.48. The molecule has 13 heavy (non-hydrogen) atoms. The summed E-state index contributed by atoms with van der Waals surface area (Å²) < 4.78 is 5.39. The van der Waals surface area contributed by atoms with Gasteiger partial charge in [0.05, 0.1) is 6.10 Å². The van der Waals surface area contributed by atoms with Gasteiger partial charge in [-0.05, 0) is 24.5 Å². The van der Waals surface area contributed by atoms with Gasteiger partial charge in [0.15, 0.2) is 0 Å². The maximum atomic E-state index is 5.39. The van der Waals surface area contributed by atoms with Crippen LogP contribution in [0.1, 0.15) is 23.7 Å².